The van der Waals surface area contributed by atoms with Crippen LogP contribution in [0.25, 0.3) is 0 Å². The Balaban J connectivity index is 1.90. The minimum Gasteiger partial charge on any atom is -0.491 e. The molecule has 5 nitrogen and oxygen atoms in total. The van der Waals surface area contributed by atoms with Gasteiger partial charge in [-0.25, -0.2) is 4.99 Å². The second kappa shape index (κ2) is 9.52. The fraction of sp³-hybridized carbons (Fsp3) is 0.632. The van der Waals surface area contributed by atoms with E-state index >= 15 is 0 Å². The standard InChI is InChI=1S/C19H31N3O2/c1-14(2)8-9-21-19(20)22-12-16-7-6-15(3)11-18(16)24-13-17-5-4-10-23-17/h6-7,11,14,17H,4-5,8-10,12-13H2,1-3H3,(H3,20,21,22). The van der Waals surface area contributed by atoms with Crippen molar-refractivity contribution in [1.82, 2.24) is 5.32 Å². The van der Waals surface area contributed by atoms with Crippen molar-refractivity contribution in [2.45, 2.75) is 52.7 Å². The maximum absolute atomic E-state index is 5.99. The molecule has 1 aliphatic rings. The molecule has 1 unspecified atom stereocenters. The van der Waals surface area contributed by atoms with Crippen LogP contribution in [0, 0.1) is 12.8 Å². The molecule has 1 aromatic carbocycles. The van der Waals surface area contributed by atoms with Crippen molar-refractivity contribution in [2.24, 2.45) is 16.6 Å². The second-order valence-corrected chi connectivity index (χ2v) is 6.87. The fourth-order valence-electron chi connectivity index (χ4n) is 2.60. The van der Waals surface area contributed by atoms with Crippen molar-refractivity contribution in [3.05, 3.63) is 29.3 Å². The van der Waals surface area contributed by atoms with Gasteiger partial charge in [-0.2, -0.15) is 0 Å². The monoisotopic (exact) mass is 333 g/mol. The Morgan fingerprint density at radius 3 is 3.00 bits per heavy atom. The van der Waals surface area contributed by atoms with Gasteiger partial charge in [0.25, 0.3) is 0 Å². The maximum Gasteiger partial charge on any atom is 0.188 e. The van der Waals surface area contributed by atoms with Gasteiger partial charge < -0.3 is 20.5 Å². The van der Waals surface area contributed by atoms with Crippen LogP contribution >= 0.6 is 0 Å². The summed E-state index contributed by atoms with van der Waals surface area (Å²) in [5.41, 5.74) is 8.16. The van der Waals surface area contributed by atoms with E-state index in [2.05, 4.69) is 49.3 Å². The van der Waals surface area contributed by atoms with Crippen molar-refractivity contribution in [3.8, 4) is 5.75 Å². The molecule has 0 spiro atoms. The molecule has 24 heavy (non-hydrogen) atoms. The average Bonchev–Trinajstić information content (AvgIpc) is 3.05. The van der Waals surface area contributed by atoms with Crippen molar-refractivity contribution < 1.29 is 9.47 Å². The Bertz CT molecular complexity index is 537. The van der Waals surface area contributed by atoms with Crippen molar-refractivity contribution in [2.75, 3.05) is 19.8 Å². The highest BCUT2D eigenvalue weighted by molar-refractivity contribution is 5.77. The minimum absolute atomic E-state index is 0.213. The van der Waals surface area contributed by atoms with Gasteiger partial charge in [-0.15, -0.1) is 0 Å². The normalized spacial score (nSPS) is 18.2. The number of benzene rings is 1. The first-order valence-electron chi connectivity index (χ1n) is 8.92. The Morgan fingerprint density at radius 2 is 2.29 bits per heavy atom. The first kappa shape index (κ1) is 18.6. The summed E-state index contributed by atoms with van der Waals surface area (Å²) < 4.78 is 11.6. The van der Waals surface area contributed by atoms with Gasteiger partial charge in [-0.05, 0) is 43.7 Å². The number of nitrogens with zero attached hydrogens (tertiary/aromatic N) is 1. The molecule has 1 fully saturated rings. The summed E-state index contributed by atoms with van der Waals surface area (Å²) in [7, 11) is 0. The van der Waals surface area contributed by atoms with Crippen molar-refractivity contribution >= 4 is 5.96 Å². The second-order valence-electron chi connectivity index (χ2n) is 6.87. The molecule has 5 heteroatoms. The molecule has 0 radical (unpaired) electrons. The molecule has 134 valence electrons. The van der Waals surface area contributed by atoms with Crippen LogP contribution in [0.1, 0.15) is 44.2 Å². The fourth-order valence-corrected chi connectivity index (χ4v) is 2.60. The quantitative estimate of drug-likeness (QED) is 0.567. The molecule has 1 aliphatic heterocycles. The Kier molecular flexibility index (Phi) is 7.37. The first-order chi connectivity index (χ1) is 11.5. The van der Waals surface area contributed by atoms with Crippen LogP contribution in [0.2, 0.25) is 0 Å². The average molecular weight is 333 g/mol. The highest BCUT2D eigenvalue weighted by atomic mass is 16.5. The number of nitrogens with one attached hydrogen (secondary N) is 1. The van der Waals surface area contributed by atoms with Crippen LogP contribution in [0.4, 0.5) is 0 Å². The molecule has 1 aromatic rings. The lowest BCUT2D eigenvalue weighted by Crippen LogP contribution is -2.32. The van der Waals surface area contributed by atoms with E-state index in [0.717, 1.165) is 43.7 Å². The zero-order chi connectivity index (χ0) is 17.4. The number of ether oxygens (including phenoxy) is 2. The van der Waals surface area contributed by atoms with E-state index in [-0.39, 0.29) is 6.10 Å². The van der Waals surface area contributed by atoms with E-state index in [4.69, 9.17) is 15.2 Å². The lowest BCUT2D eigenvalue weighted by molar-refractivity contribution is 0.0676. The van der Waals surface area contributed by atoms with Crippen LogP contribution in [-0.4, -0.2) is 31.8 Å². The molecule has 1 saturated heterocycles. The minimum atomic E-state index is 0.213. The Labute approximate surface area is 145 Å². The molecular weight excluding hydrogens is 302 g/mol. The number of aryl methyl sites for hydroxylation is 1. The summed E-state index contributed by atoms with van der Waals surface area (Å²) in [6.07, 6.45) is 3.49. The summed E-state index contributed by atoms with van der Waals surface area (Å²) in [6, 6.07) is 6.19. The van der Waals surface area contributed by atoms with Gasteiger partial charge in [-0.3, -0.25) is 0 Å². The number of rotatable bonds is 8. The van der Waals surface area contributed by atoms with Crippen LogP contribution in [0.3, 0.4) is 0 Å². The third kappa shape index (κ3) is 6.40. The van der Waals surface area contributed by atoms with Crippen molar-refractivity contribution in [1.29, 1.82) is 0 Å². The SMILES string of the molecule is Cc1ccc(CN=C(N)NCCC(C)C)c(OCC2CCCO2)c1. The molecule has 0 saturated carbocycles. The predicted octanol–water partition coefficient (Wildman–Crippen LogP) is 3.00. The maximum atomic E-state index is 5.99. The molecule has 1 atom stereocenters. The lowest BCUT2D eigenvalue weighted by Gasteiger charge is -2.15. The summed E-state index contributed by atoms with van der Waals surface area (Å²) in [5.74, 6) is 2.02. The summed E-state index contributed by atoms with van der Waals surface area (Å²) in [5, 5.41) is 3.16. The molecule has 2 rings (SSSR count). The van der Waals surface area contributed by atoms with Crippen LogP contribution in [0.15, 0.2) is 23.2 Å². The molecule has 0 aromatic heterocycles. The van der Waals surface area contributed by atoms with Crippen LogP contribution in [0.5, 0.6) is 5.75 Å². The van der Waals surface area contributed by atoms with E-state index in [1.54, 1.807) is 0 Å². The van der Waals surface area contributed by atoms with Gasteiger partial charge in [0, 0.05) is 18.7 Å². The summed E-state index contributed by atoms with van der Waals surface area (Å²) >= 11 is 0. The molecule has 3 N–H and O–H groups in total. The summed E-state index contributed by atoms with van der Waals surface area (Å²) in [6.45, 7) is 9.26. The summed E-state index contributed by atoms with van der Waals surface area (Å²) in [4.78, 5) is 4.43. The van der Waals surface area contributed by atoms with Gasteiger partial charge in [0.1, 0.15) is 12.4 Å². The third-order valence-corrected chi connectivity index (χ3v) is 4.12. The highest BCUT2D eigenvalue weighted by Gasteiger charge is 2.16. The Morgan fingerprint density at radius 1 is 1.46 bits per heavy atom. The number of nitrogens with two attached hydrogens (primary N) is 1. The van der Waals surface area contributed by atoms with Crippen molar-refractivity contribution in [3.63, 3.8) is 0 Å². The van der Waals surface area contributed by atoms with E-state index in [1.165, 1.54) is 5.56 Å². The zero-order valence-corrected chi connectivity index (χ0v) is 15.2. The third-order valence-electron chi connectivity index (χ3n) is 4.12. The van der Waals surface area contributed by atoms with E-state index in [1.807, 2.05) is 0 Å². The largest absolute Gasteiger partial charge is 0.491 e. The molecule has 1 heterocycles. The van der Waals surface area contributed by atoms with E-state index < -0.39 is 0 Å². The van der Waals surface area contributed by atoms with Gasteiger partial charge in [0.15, 0.2) is 5.96 Å². The van der Waals surface area contributed by atoms with E-state index in [9.17, 15) is 0 Å². The number of hydrogen-bond acceptors (Lipinski definition) is 3. The van der Waals surface area contributed by atoms with Gasteiger partial charge in [-0.1, -0.05) is 26.0 Å². The predicted molar refractivity (Wildman–Crippen MR) is 98.4 cm³/mol. The van der Waals surface area contributed by atoms with Gasteiger partial charge >= 0.3 is 0 Å². The van der Waals surface area contributed by atoms with Crippen LogP contribution in [-0.2, 0) is 11.3 Å². The smallest absolute Gasteiger partial charge is 0.188 e. The lowest BCUT2D eigenvalue weighted by atomic mass is 10.1. The molecule has 0 bridgehead atoms. The zero-order valence-electron chi connectivity index (χ0n) is 15.2. The number of aliphatic imine (C=N–C) groups is 1. The highest BCUT2D eigenvalue weighted by Crippen LogP contribution is 2.23. The number of hydrogen-bond donors (Lipinski definition) is 2. The molecule has 0 aliphatic carbocycles. The molecular formula is C19H31N3O2. The molecule has 0 amide bonds. The van der Waals surface area contributed by atoms with Gasteiger partial charge in [0.2, 0.25) is 0 Å². The van der Waals surface area contributed by atoms with Gasteiger partial charge in [0.05, 0.1) is 12.6 Å². The van der Waals surface area contributed by atoms with E-state index in [0.29, 0.717) is 25.0 Å². The number of guanidine groups is 1. The topological polar surface area (TPSA) is 68.9 Å². The first-order valence-corrected chi connectivity index (χ1v) is 8.92. The van der Waals surface area contributed by atoms with Crippen LogP contribution < -0.4 is 15.8 Å². The Hall–Kier alpha value is -1.75.